The van der Waals surface area contributed by atoms with Gasteiger partial charge < -0.3 is 15.1 Å². The number of hydrogen-bond donors (Lipinski definition) is 1. The van der Waals surface area contributed by atoms with Crippen LogP contribution in [-0.4, -0.2) is 36.1 Å². The van der Waals surface area contributed by atoms with E-state index in [-0.39, 0.29) is 6.03 Å². The molecule has 4 rings (SSSR count). The molecule has 0 radical (unpaired) electrons. The van der Waals surface area contributed by atoms with Gasteiger partial charge in [-0.05, 0) is 55.2 Å². The van der Waals surface area contributed by atoms with Crippen LogP contribution in [0.1, 0.15) is 24.8 Å². The van der Waals surface area contributed by atoms with Crippen molar-refractivity contribution in [1.82, 2.24) is 9.88 Å². The van der Waals surface area contributed by atoms with E-state index in [1.54, 1.807) is 23.3 Å². The van der Waals surface area contributed by atoms with Crippen molar-refractivity contribution in [1.29, 1.82) is 0 Å². The summed E-state index contributed by atoms with van der Waals surface area (Å²) in [5, 5.41) is 3.92. The number of hydrogen-bond acceptors (Lipinski definition) is 4. The molecule has 0 saturated carbocycles. The number of nitrogens with zero attached hydrogens (tertiary/aromatic N) is 3. The van der Waals surface area contributed by atoms with Crippen molar-refractivity contribution in [3.63, 3.8) is 0 Å². The molecule has 0 aliphatic carbocycles. The summed E-state index contributed by atoms with van der Waals surface area (Å²) in [6.45, 7) is 5.03. The van der Waals surface area contributed by atoms with Gasteiger partial charge in [-0.1, -0.05) is 19.1 Å². The molecular weight excluding hydrogens is 368 g/mol. The van der Waals surface area contributed by atoms with Crippen molar-refractivity contribution < 1.29 is 4.79 Å². The predicted molar refractivity (Wildman–Crippen MR) is 117 cm³/mol. The van der Waals surface area contributed by atoms with E-state index in [0.29, 0.717) is 6.54 Å². The van der Waals surface area contributed by atoms with Gasteiger partial charge in [0.2, 0.25) is 0 Å². The van der Waals surface area contributed by atoms with Crippen LogP contribution in [0.4, 0.5) is 16.2 Å². The molecule has 1 aliphatic rings. The molecule has 6 heteroatoms. The van der Waals surface area contributed by atoms with Crippen molar-refractivity contribution in [2.45, 2.75) is 26.3 Å². The standard InChI is InChI=1S/C22H26N4OS/c1-16-11-13-26(14-12-16)18-9-7-17(8-10-18)23-22(27)25(2)15-21-24-19-5-3-4-6-20(19)28-21/h3-10,16H,11-15H2,1-2H3,(H,23,27). The van der Waals surface area contributed by atoms with Crippen LogP contribution in [0.2, 0.25) is 0 Å². The number of carbonyl (C=O) groups excluding carboxylic acids is 1. The number of benzene rings is 2. The molecule has 1 aliphatic heterocycles. The van der Waals surface area contributed by atoms with Crippen molar-refractivity contribution in [3.05, 3.63) is 53.5 Å². The molecule has 28 heavy (non-hydrogen) atoms. The molecule has 2 aromatic carbocycles. The number of anilines is 2. The molecule has 0 atom stereocenters. The fraction of sp³-hybridized carbons (Fsp3) is 0.364. The zero-order valence-electron chi connectivity index (χ0n) is 16.4. The molecule has 1 fully saturated rings. The van der Waals surface area contributed by atoms with Crippen LogP contribution >= 0.6 is 11.3 Å². The third-order valence-corrected chi connectivity index (χ3v) is 6.35. The third kappa shape index (κ3) is 4.28. The average molecular weight is 395 g/mol. The zero-order chi connectivity index (χ0) is 19.5. The Bertz CT molecular complexity index is 912. The Labute approximate surface area is 170 Å². The topological polar surface area (TPSA) is 48.5 Å². The highest BCUT2D eigenvalue weighted by Gasteiger charge is 2.16. The summed E-state index contributed by atoms with van der Waals surface area (Å²) in [6, 6.07) is 16.1. The highest BCUT2D eigenvalue weighted by Crippen LogP contribution is 2.25. The first kappa shape index (κ1) is 18.7. The first-order valence-electron chi connectivity index (χ1n) is 9.80. The normalized spacial score (nSPS) is 15.0. The molecule has 0 unspecified atom stereocenters. The first-order valence-corrected chi connectivity index (χ1v) is 10.6. The molecule has 1 aromatic heterocycles. The maximum Gasteiger partial charge on any atom is 0.321 e. The lowest BCUT2D eigenvalue weighted by atomic mass is 9.99. The SMILES string of the molecule is CC1CCN(c2ccc(NC(=O)N(C)Cc3nc4ccccc4s3)cc2)CC1. The average Bonchev–Trinajstić information content (AvgIpc) is 3.11. The van der Waals surface area contributed by atoms with Crippen LogP contribution < -0.4 is 10.2 Å². The summed E-state index contributed by atoms with van der Waals surface area (Å²) in [6.07, 6.45) is 2.49. The van der Waals surface area contributed by atoms with Crippen LogP contribution in [0, 0.1) is 5.92 Å². The lowest BCUT2D eigenvalue weighted by Crippen LogP contribution is -2.32. The van der Waals surface area contributed by atoms with Crippen molar-refractivity contribution >= 4 is 39.0 Å². The lowest BCUT2D eigenvalue weighted by molar-refractivity contribution is 0.220. The van der Waals surface area contributed by atoms with Gasteiger partial charge in [-0.3, -0.25) is 0 Å². The summed E-state index contributed by atoms with van der Waals surface area (Å²) in [5.74, 6) is 0.820. The van der Waals surface area contributed by atoms with Gasteiger partial charge in [0.05, 0.1) is 16.8 Å². The van der Waals surface area contributed by atoms with E-state index in [2.05, 4.69) is 40.3 Å². The second-order valence-corrected chi connectivity index (χ2v) is 8.69. The van der Waals surface area contributed by atoms with Gasteiger partial charge in [0, 0.05) is 31.5 Å². The third-order valence-electron chi connectivity index (χ3n) is 5.32. The highest BCUT2D eigenvalue weighted by molar-refractivity contribution is 7.18. The van der Waals surface area contributed by atoms with E-state index in [9.17, 15) is 4.79 Å². The van der Waals surface area contributed by atoms with Gasteiger partial charge in [0.15, 0.2) is 0 Å². The van der Waals surface area contributed by atoms with Gasteiger partial charge in [-0.25, -0.2) is 9.78 Å². The van der Waals surface area contributed by atoms with Crippen LogP contribution in [0.25, 0.3) is 10.2 Å². The predicted octanol–water partition coefficient (Wildman–Crippen LogP) is 5.20. The Hall–Kier alpha value is -2.60. The maximum atomic E-state index is 12.5. The number of rotatable bonds is 4. The first-order chi connectivity index (χ1) is 13.6. The molecule has 3 aromatic rings. The second kappa shape index (κ2) is 8.19. The van der Waals surface area contributed by atoms with Gasteiger partial charge in [-0.2, -0.15) is 0 Å². The minimum absolute atomic E-state index is 0.126. The lowest BCUT2D eigenvalue weighted by Gasteiger charge is -2.32. The highest BCUT2D eigenvalue weighted by atomic mass is 32.1. The number of carbonyl (C=O) groups is 1. The van der Waals surface area contributed by atoms with E-state index in [0.717, 1.165) is 39.9 Å². The van der Waals surface area contributed by atoms with Crippen LogP contribution in [0.5, 0.6) is 0 Å². The van der Waals surface area contributed by atoms with Crippen molar-refractivity contribution in [3.8, 4) is 0 Å². The summed E-state index contributed by atoms with van der Waals surface area (Å²) in [4.78, 5) is 21.2. The number of para-hydroxylation sites is 1. The molecular formula is C22H26N4OS. The number of amides is 2. The van der Waals surface area contributed by atoms with Crippen LogP contribution in [0.15, 0.2) is 48.5 Å². The summed E-state index contributed by atoms with van der Waals surface area (Å²) >= 11 is 1.63. The van der Waals surface area contributed by atoms with Gasteiger partial charge in [0.25, 0.3) is 0 Å². The Morgan fingerprint density at radius 2 is 1.89 bits per heavy atom. The molecule has 146 valence electrons. The molecule has 0 spiro atoms. The zero-order valence-corrected chi connectivity index (χ0v) is 17.2. The number of urea groups is 1. The molecule has 0 bridgehead atoms. The smallest absolute Gasteiger partial charge is 0.321 e. The summed E-state index contributed by atoms with van der Waals surface area (Å²) in [5.41, 5.74) is 3.03. The van der Waals surface area contributed by atoms with Gasteiger partial charge in [0.1, 0.15) is 5.01 Å². The minimum atomic E-state index is -0.126. The monoisotopic (exact) mass is 394 g/mol. The van der Waals surface area contributed by atoms with Crippen LogP contribution in [-0.2, 0) is 6.54 Å². The number of thiazole rings is 1. The van der Waals surface area contributed by atoms with E-state index in [4.69, 9.17) is 0 Å². The summed E-state index contributed by atoms with van der Waals surface area (Å²) in [7, 11) is 1.80. The van der Waals surface area contributed by atoms with E-state index in [1.807, 2.05) is 30.3 Å². The quantitative estimate of drug-likeness (QED) is 0.662. The number of fused-ring (bicyclic) bond motifs is 1. The van der Waals surface area contributed by atoms with Crippen molar-refractivity contribution in [2.75, 3.05) is 30.4 Å². The molecule has 1 saturated heterocycles. The van der Waals surface area contributed by atoms with E-state index in [1.165, 1.54) is 18.5 Å². The van der Waals surface area contributed by atoms with Crippen molar-refractivity contribution in [2.24, 2.45) is 5.92 Å². The minimum Gasteiger partial charge on any atom is -0.372 e. The Morgan fingerprint density at radius 1 is 1.18 bits per heavy atom. The molecule has 5 nitrogen and oxygen atoms in total. The number of nitrogens with one attached hydrogen (secondary N) is 1. The maximum absolute atomic E-state index is 12.5. The molecule has 2 heterocycles. The van der Waals surface area contributed by atoms with Gasteiger partial charge >= 0.3 is 6.03 Å². The number of piperidine rings is 1. The largest absolute Gasteiger partial charge is 0.372 e. The van der Waals surface area contributed by atoms with Crippen LogP contribution in [0.3, 0.4) is 0 Å². The molecule has 1 N–H and O–H groups in total. The number of aromatic nitrogens is 1. The Balaban J connectivity index is 1.34. The van der Waals surface area contributed by atoms with E-state index < -0.39 is 0 Å². The Morgan fingerprint density at radius 3 is 2.61 bits per heavy atom. The Kier molecular flexibility index (Phi) is 5.48. The fourth-order valence-corrected chi connectivity index (χ4v) is 4.52. The summed E-state index contributed by atoms with van der Waals surface area (Å²) < 4.78 is 1.15. The van der Waals surface area contributed by atoms with Gasteiger partial charge in [-0.15, -0.1) is 11.3 Å². The van der Waals surface area contributed by atoms with E-state index >= 15 is 0 Å². The fourth-order valence-electron chi connectivity index (χ4n) is 3.50. The molecule has 2 amide bonds. The second-order valence-electron chi connectivity index (χ2n) is 7.58.